The van der Waals surface area contributed by atoms with Crippen molar-refractivity contribution in [2.24, 2.45) is 4.99 Å². The van der Waals surface area contributed by atoms with Gasteiger partial charge in [0.25, 0.3) is 0 Å². The Kier molecular flexibility index (Phi) is 9.75. The van der Waals surface area contributed by atoms with Gasteiger partial charge in [-0.25, -0.2) is 14.4 Å². The van der Waals surface area contributed by atoms with Crippen molar-refractivity contribution in [1.82, 2.24) is 15.6 Å². The van der Waals surface area contributed by atoms with E-state index >= 15 is 0 Å². The third kappa shape index (κ3) is 7.02. The van der Waals surface area contributed by atoms with E-state index in [9.17, 15) is 4.39 Å². The average Bonchev–Trinajstić information content (AvgIpc) is 2.94. The maximum Gasteiger partial charge on any atom is 0.191 e. The Morgan fingerprint density at radius 1 is 1.38 bits per heavy atom. The maximum atomic E-state index is 13.2. The van der Waals surface area contributed by atoms with E-state index in [0.717, 1.165) is 36.0 Å². The highest BCUT2D eigenvalue weighted by atomic mass is 127. The van der Waals surface area contributed by atoms with E-state index in [1.165, 1.54) is 10.9 Å². The molecule has 8 heteroatoms. The number of nitrogens with one attached hydrogen (secondary N) is 2. The van der Waals surface area contributed by atoms with Crippen molar-refractivity contribution >= 4 is 57.2 Å². The van der Waals surface area contributed by atoms with Crippen LogP contribution in [0.4, 0.5) is 4.39 Å². The summed E-state index contributed by atoms with van der Waals surface area (Å²) >= 11 is 4.86. The zero-order valence-electron chi connectivity index (χ0n) is 13.6. The largest absolute Gasteiger partial charge is 0.357 e. The van der Waals surface area contributed by atoms with Gasteiger partial charge in [0, 0.05) is 24.2 Å². The molecule has 0 unspecified atom stereocenters. The molecule has 24 heavy (non-hydrogen) atoms. The summed E-state index contributed by atoms with van der Waals surface area (Å²) in [6, 6.07) is 5.08. The third-order valence-electron chi connectivity index (χ3n) is 3.08. The number of nitrogens with zero attached hydrogens (tertiary/aromatic N) is 2. The van der Waals surface area contributed by atoms with Gasteiger partial charge in [-0.1, -0.05) is 6.07 Å². The Hall–Kier alpha value is -0.740. The quantitative estimate of drug-likeness (QED) is 0.336. The molecule has 0 spiro atoms. The van der Waals surface area contributed by atoms with Gasteiger partial charge in [0.1, 0.15) is 10.8 Å². The first-order chi connectivity index (χ1) is 11.1. The minimum absolute atomic E-state index is 0. The van der Waals surface area contributed by atoms with Crippen LogP contribution in [0.2, 0.25) is 0 Å². The van der Waals surface area contributed by atoms with E-state index < -0.39 is 0 Å². The van der Waals surface area contributed by atoms with E-state index in [-0.39, 0.29) is 29.8 Å². The Morgan fingerprint density at radius 3 is 2.79 bits per heavy atom. The monoisotopic (exact) mass is 526 g/mol. The van der Waals surface area contributed by atoms with Crippen molar-refractivity contribution in [3.8, 4) is 0 Å². The molecular formula is C16H21BrFIN4S. The summed E-state index contributed by atoms with van der Waals surface area (Å²) in [4.78, 5) is 10.0. The first kappa shape index (κ1) is 21.3. The summed E-state index contributed by atoms with van der Waals surface area (Å²) in [5, 5.41) is 7.50. The van der Waals surface area contributed by atoms with Crippen LogP contribution in [0.1, 0.15) is 22.4 Å². The molecule has 2 aromatic rings. The first-order valence-electron chi connectivity index (χ1n) is 7.46. The lowest BCUT2D eigenvalue weighted by Gasteiger charge is -2.11. The summed E-state index contributed by atoms with van der Waals surface area (Å²) in [5.41, 5.74) is 1.07. The number of hydrogen-bond acceptors (Lipinski definition) is 3. The molecule has 0 radical (unpaired) electrons. The number of aliphatic imine (C=N–C) groups is 1. The highest BCUT2D eigenvalue weighted by molar-refractivity contribution is 14.0. The molecule has 0 saturated carbocycles. The molecule has 0 atom stereocenters. The zero-order valence-corrected chi connectivity index (χ0v) is 18.3. The van der Waals surface area contributed by atoms with E-state index in [0.29, 0.717) is 11.0 Å². The number of rotatable bonds is 6. The van der Waals surface area contributed by atoms with Crippen LogP contribution in [0, 0.1) is 12.7 Å². The Labute approximate surface area is 171 Å². The number of benzene rings is 1. The van der Waals surface area contributed by atoms with E-state index in [4.69, 9.17) is 0 Å². The normalized spacial score (nSPS) is 11.1. The predicted molar refractivity (Wildman–Crippen MR) is 113 cm³/mol. The number of aromatic nitrogens is 1. The van der Waals surface area contributed by atoms with Crippen molar-refractivity contribution < 1.29 is 4.39 Å². The average molecular weight is 527 g/mol. The van der Waals surface area contributed by atoms with Crippen LogP contribution >= 0.6 is 51.2 Å². The molecule has 4 nitrogen and oxygen atoms in total. The lowest BCUT2D eigenvalue weighted by atomic mass is 10.1. The highest BCUT2D eigenvalue weighted by Gasteiger charge is 2.03. The van der Waals surface area contributed by atoms with Gasteiger partial charge < -0.3 is 10.6 Å². The Balaban J connectivity index is 0.00000288. The molecule has 0 saturated heterocycles. The number of guanidine groups is 1. The lowest BCUT2D eigenvalue weighted by Crippen LogP contribution is -2.38. The lowest BCUT2D eigenvalue weighted by molar-refractivity contribution is 0.620. The molecule has 1 heterocycles. The molecular weight excluding hydrogens is 506 g/mol. The van der Waals surface area contributed by atoms with Crippen molar-refractivity contribution in [3.05, 3.63) is 50.1 Å². The second-order valence-electron chi connectivity index (χ2n) is 4.99. The van der Waals surface area contributed by atoms with Crippen LogP contribution < -0.4 is 10.6 Å². The van der Waals surface area contributed by atoms with E-state index in [1.54, 1.807) is 23.5 Å². The molecule has 2 rings (SSSR count). The maximum absolute atomic E-state index is 13.2. The zero-order chi connectivity index (χ0) is 16.7. The predicted octanol–water partition coefficient (Wildman–Crippen LogP) is 4.27. The number of thiazole rings is 1. The molecule has 2 N–H and O–H groups in total. The standard InChI is InChI=1S/C16H20BrFN4S.HI/c1-3-19-16(22-10-15-21-9-11(2)23-15)20-7-6-12-4-5-14(18)13(17)8-12;/h4-5,8-9H,3,6-7,10H2,1-2H3,(H2,19,20,22);1H. The Morgan fingerprint density at radius 2 is 2.17 bits per heavy atom. The van der Waals surface area contributed by atoms with Crippen LogP contribution in [-0.2, 0) is 13.0 Å². The van der Waals surface area contributed by atoms with Crippen molar-refractivity contribution in [3.63, 3.8) is 0 Å². The van der Waals surface area contributed by atoms with Gasteiger partial charge in [0.05, 0.1) is 11.0 Å². The summed E-state index contributed by atoms with van der Waals surface area (Å²) in [5.74, 6) is 0.525. The van der Waals surface area contributed by atoms with Crippen molar-refractivity contribution in [2.45, 2.75) is 26.8 Å². The van der Waals surface area contributed by atoms with Gasteiger partial charge in [0.15, 0.2) is 5.96 Å². The minimum Gasteiger partial charge on any atom is -0.357 e. The topological polar surface area (TPSA) is 49.3 Å². The smallest absolute Gasteiger partial charge is 0.191 e. The molecule has 0 amide bonds. The molecule has 0 aliphatic heterocycles. The molecule has 0 aliphatic rings. The fourth-order valence-electron chi connectivity index (χ4n) is 1.98. The van der Waals surface area contributed by atoms with Crippen LogP contribution in [-0.4, -0.2) is 24.0 Å². The van der Waals surface area contributed by atoms with Gasteiger partial charge in [-0.15, -0.1) is 35.3 Å². The van der Waals surface area contributed by atoms with Gasteiger partial charge in [-0.2, -0.15) is 0 Å². The second kappa shape index (κ2) is 11.0. The minimum atomic E-state index is -0.240. The van der Waals surface area contributed by atoms with Gasteiger partial charge in [0.2, 0.25) is 0 Å². The van der Waals surface area contributed by atoms with Crippen molar-refractivity contribution in [2.75, 3.05) is 13.1 Å². The summed E-state index contributed by atoms with van der Waals surface area (Å²) in [6.07, 6.45) is 2.65. The van der Waals surface area contributed by atoms with Gasteiger partial charge in [-0.05, 0) is 53.9 Å². The molecule has 0 aliphatic carbocycles. The first-order valence-corrected chi connectivity index (χ1v) is 9.07. The fraction of sp³-hybridized carbons (Fsp3) is 0.375. The van der Waals surface area contributed by atoms with E-state index in [2.05, 4.69) is 36.5 Å². The van der Waals surface area contributed by atoms with Crippen LogP contribution in [0.3, 0.4) is 0 Å². The SMILES string of the molecule is CCNC(=NCc1ncc(C)s1)NCCc1ccc(F)c(Br)c1.I. The fourth-order valence-corrected chi connectivity index (χ4v) is 3.12. The van der Waals surface area contributed by atoms with Crippen molar-refractivity contribution in [1.29, 1.82) is 0 Å². The Bertz CT molecular complexity index is 678. The number of aryl methyl sites for hydroxylation is 1. The van der Waals surface area contributed by atoms with E-state index in [1.807, 2.05) is 20.0 Å². The van der Waals surface area contributed by atoms with Gasteiger partial charge >= 0.3 is 0 Å². The number of halogens is 3. The molecule has 0 bridgehead atoms. The molecule has 1 aromatic heterocycles. The third-order valence-corrected chi connectivity index (χ3v) is 4.58. The van der Waals surface area contributed by atoms with Crippen LogP contribution in [0.5, 0.6) is 0 Å². The second-order valence-corrected chi connectivity index (χ2v) is 7.16. The summed E-state index contributed by atoms with van der Waals surface area (Å²) < 4.78 is 13.7. The molecule has 1 aromatic carbocycles. The van der Waals surface area contributed by atoms with Crippen LogP contribution in [0.25, 0.3) is 0 Å². The molecule has 132 valence electrons. The summed E-state index contributed by atoms with van der Waals surface area (Å²) in [6.45, 7) is 6.15. The summed E-state index contributed by atoms with van der Waals surface area (Å²) in [7, 11) is 0. The highest BCUT2D eigenvalue weighted by Crippen LogP contribution is 2.17. The number of hydrogen-bond donors (Lipinski definition) is 2. The van der Waals surface area contributed by atoms with Crippen LogP contribution in [0.15, 0.2) is 33.9 Å². The van der Waals surface area contributed by atoms with Gasteiger partial charge in [-0.3, -0.25) is 0 Å². The molecule has 0 fully saturated rings.